The van der Waals surface area contributed by atoms with Crippen molar-refractivity contribution in [2.24, 2.45) is 35.5 Å². The second-order valence-electron chi connectivity index (χ2n) is 14.9. The first-order valence-corrected chi connectivity index (χ1v) is 16.4. The predicted octanol–water partition coefficient (Wildman–Crippen LogP) is 9.72. The molecule has 3 saturated heterocycles. The maximum atomic E-state index is 13.7. The smallest absolute Gasteiger partial charge is 0.295 e. The number of hydrogen-bond acceptors (Lipinski definition) is 3. The van der Waals surface area contributed by atoms with Gasteiger partial charge in [0.25, 0.3) is 5.92 Å². The number of rotatable bonds is 6. The maximum absolute atomic E-state index is 13.7. The molecule has 3 nitrogen and oxygen atoms in total. The Morgan fingerprint density at radius 2 is 0.881 bits per heavy atom. The molecule has 252 valence electrons. The van der Waals surface area contributed by atoms with Gasteiger partial charge in [-0.15, -0.1) is 0 Å². The number of halogens is 6. The molecule has 0 spiro atoms. The maximum Gasteiger partial charge on any atom is 0.305 e. The highest BCUT2D eigenvalue weighted by Gasteiger charge is 2.47. The Labute approximate surface area is 254 Å². The average Bonchev–Trinajstić information content (AvgIpc) is 2.81. The lowest BCUT2D eigenvalue weighted by Crippen LogP contribution is -2.52. The quantitative estimate of drug-likeness (QED) is 0.218. The number of hydrogen-bond donors (Lipinski definition) is 0. The molecule has 3 atom stereocenters. The van der Waals surface area contributed by atoms with E-state index in [0.717, 1.165) is 19.4 Å². The van der Waals surface area contributed by atoms with Crippen molar-refractivity contribution in [3.63, 3.8) is 0 Å². The van der Waals surface area contributed by atoms with E-state index in [0.29, 0.717) is 31.3 Å². The second-order valence-corrected chi connectivity index (χ2v) is 14.9. The average molecular weight is 616 g/mol. The van der Waals surface area contributed by atoms with Crippen molar-refractivity contribution in [2.45, 2.75) is 151 Å². The van der Waals surface area contributed by atoms with E-state index >= 15 is 0 Å². The lowest BCUT2D eigenvalue weighted by atomic mass is 9.83. The summed E-state index contributed by atoms with van der Waals surface area (Å²) >= 11 is 0. The van der Waals surface area contributed by atoms with Gasteiger partial charge >= 0.3 is 12.1 Å². The van der Waals surface area contributed by atoms with E-state index in [-0.39, 0.29) is 55.3 Å². The first kappa shape index (κ1) is 39.5. The van der Waals surface area contributed by atoms with Crippen LogP contribution in [0.25, 0.3) is 0 Å². The van der Waals surface area contributed by atoms with Gasteiger partial charge in [-0.25, -0.2) is 18.6 Å². The SMILES string of the molecule is CC(C)C1CCN(C(C)C)C(F)(F)C1.CC(C)C1CCN(C(C)C)C(F)(F)C1.CC(C)C1CCN(C(C)C)CC1(F)F. The van der Waals surface area contributed by atoms with Gasteiger partial charge < -0.3 is 0 Å². The molecular formula is C33H63F6N3. The lowest BCUT2D eigenvalue weighted by molar-refractivity contribution is -0.196. The largest absolute Gasteiger partial charge is 0.305 e. The molecule has 3 heterocycles. The van der Waals surface area contributed by atoms with E-state index in [1.54, 1.807) is 0 Å². The van der Waals surface area contributed by atoms with Crippen LogP contribution >= 0.6 is 0 Å². The molecule has 42 heavy (non-hydrogen) atoms. The molecule has 0 amide bonds. The van der Waals surface area contributed by atoms with E-state index in [4.69, 9.17) is 0 Å². The second kappa shape index (κ2) is 16.1. The normalized spacial score (nSPS) is 28.7. The molecule has 0 radical (unpaired) electrons. The number of nitrogens with zero attached hydrogens (tertiary/aromatic N) is 3. The van der Waals surface area contributed by atoms with Gasteiger partial charge in [-0.1, -0.05) is 41.5 Å². The fraction of sp³-hybridized carbons (Fsp3) is 1.00. The highest BCUT2D eigenvalue weighted by atomic mass is 19.3. The summed E-state index contributed by atoms with van der Waals surface area (Å²) in [7, 11) is 0. The Kier molecular flexibility index (Phi) is 15.2. The van der Waals surface area contributed by atoms with Gasteiger partial charge in [0, 0.05) is 50.0 Å². The summed E-state index contributed by atoms with van der Waals surface area (Å²) in [6.07, 6.45) is 2.51. The molecular weight excluding hydrogens is 552 g/mol. The van der Waals surface area contributed by atoms with Crippen LogP contribution in [0.4, 0.5) is 26.3 Å². The standard InChI is InChI=1S/3C11H21F2N/c1-8(2)10-5-6-14(9(3)4)7-11(10,12)13;2*1-8(2)10-5-6-14(9(3)4)11(12,13)7-10/h3*8-10H,5-7H2,1-4H3. The van der Waals surface area contributed by atoms with Crippen LogP contribution in [0.2, 0.25) is 0 Å². The molecule has 0 aliphatic carbocycles. The summed E-state index contributed by atoms with van der Waals surface area (Å²) in [6, 6.07) is -5.08. The van der Waals surface area contributed by atoms with Crippen molar-refractivity contribution in [1.29, 1.82) is 0 Å². The topological polar surface area (TPSA) is 9.72 Å². The Morgan fingerprint density at radius 3 is 1.12 bits per heavy atom. The number of likely N-dealkylation sites (tertiary alicyclic amines) is 3. The van der Waals surface area contributed by atoms with Gasteiger partial charge in [0.05, 0.1) is 6.54 Å². The molecule has 0 saturated carbocycles. The van der Waals surface area contributed by atoms with Gasteiger partial charge in [0.15, 0.2) is 0 Å². The summed E-state index contributed by atoms with van der Waals surface area (Å²) < 4.78 is 82.0. The van der Waals surface area contributed by atoms with Crippen LogP contribution in [0.1, 0.15) is 115 Å². The molecule has 0 aromatic rings. The Bertz CT molecular complexity index is 669. The number of piperidine rings is 3. The van der Waals surface area contributed by atoms with Crippen LogP contribution in [0.15, 0.2) is 0 Å². The van der Waals surface area contributed by atoms with Gasteiger partial charge in [0.2, 0.25) is 0 Å². The summed E-state index contributed by atoms with van der Waals surface area (Å²) in [4.78, 5) is 4.52. The van der Waals surface area contributed by atoms with Gasteiger partial charge in [0.1, 0.15) is 0 Å². The monoisotopic (exact) mass is 615 g/mol. The molecule has 3 aliphatic heterocycles. The third kappa shape index (κ3) is 11.4. The van der Waals surface area contributed by atoms with Crippen molar-refractivity contribution < 1.29 is 26.3 Å². The van der Waals surface area contributed by atoms with Crippen LogP contribution in [-0.4, -0.2) is 77.0 Å². The van der Waals surface area contributed by atoms with Gasteiger partial charge in [-0.3, -0.25) is 4.90 Å². The molecule has 3 aliphatic rings. The zero-order valence-corrected chi connectivity index (χ0v) is 28.7. The predicted molar refractivity (Wildman–Crippen MR) is 163 cm³/mol. The highest BCUT2D eigenvalue weighted by molar-refractivity contribution is 4.89. The first-order chi connectivity index (χ1) is 19.0. The minimum atomic E-state index is -2.60. The molecule has 3 fully saturated rings. The third-order valence-corrected chi connectivity index (χ3v) is 9.69. The van der Waals surface area contributed by atoms with Crippen molar-refractivity contribution in [3.8, 4) is 0 Å². The van der Waals surface area contributed by atoms with Crippen molar-refractivity contribution >= 4 is 0 Å². The van der Waals surface area contributed by atoms with Crippen LogP contribution in [-0.2, 0) is 0 Å². The molecule has 9 heteroatoms. The summed E-state index contributed by atoms with van der Waals surface area (Å²) in [5, 5.41) is 0. The van der Waals surface area contributed by atoms with Crippen LogP contribution < -0.4 is 0 Å². The first-order valence-electron chi connectivity index (χ1n) is 16.4. The Hall–Kier alpha value is -0.540. The van der Waals surface area contributed by atoms with E-state index in [1.165, 1.54) is 9.80 Å². The van der Waals surface area contributed by atoms with Gasteiger partial charge in [-0.2, -0.15) is 17.6 Å². The zero-order valence-electron chi connectivity index (χ0n) is 28.7. The minimum absolute atomic E-state index is 0.0306. The lowest BCUT2D eigenvalue weighted by Gasteiger charge is -2.42. The summed E-state index contributed by atoms with van der Waals surface area (Å²) in [6.45, 7) is 25.0. The van der Waals surface area contributed by atoms with Crippen LogP contribution in [0, 0.1) is 35.5 Å². The fourth-order valence-corrected chi connectivity index (χ4v) is 6.66. The van der Waals surface area contributed by atoms with E-state index in [2.05, 4.69) is 0 Å². The van der Waals surface area contributed by atoms with E-state index in [9.17, 15) is 26.3 Å². The zero-order chi connectivity index (χ0) is 32.8. The van der Waals surface area contributed by atoms with Crippen LogP contribution in [0.5, 0.6) is 0 Å². The Morgan fingerprint density at radius 1 is 0.500 bits per heavy atom. The molecule has 3 rings (SSSR count). The third-order valence-electron chi connectivity index (χ3n) is 9.69. The summed E-state index contributed by atoms with van der Waals surface area (Å²) in [5.41, 5.74) is 0. The van der Waals surface area contributed by atoms with Crippen molar-refractivity contribution in [3.05, 3.63) is 0 Å². The van der Waals surface area contributed by atoms with E-state index < -0.39 is 23.9 Å². The highest BCUT2D eigenvalue weighted by Crippen LogP contribution is 2.40. The number of alkyl halides is 6. The van der Waals surface area contributed by atoms with Gasteiger partial charge in [-0.05, 0) is 96.9 Å². The van der Waals surface area contributed by atoms with Crippen molar-refractivity contribution in [2.75, 3.05) is 26.2 Å². The van der Waals surface area contributed by atoms with E-state index in [1.807, 2.05) is 88.0 Å². The Balaban J connectivity index is 0.000000315. The fourth-order valence-electron chi connectivity index (χ4n) is 6.66. The minimum Gasteiger partial charge on any atom is -0.295 e. The molecule has 0 aromatic carbocycles. The van der Waals surface area contributed by atoms with Crippen molar-refractivity contribution in [1.82, 2.24) is 14.7 Å². The molecule has 0 bridgehead atoms. The molecule has 0 N–H and O–H groups in total. The summed E-state index contributed by atoms with van der Waals surface area (Å²) in [5.74, 6) is -1.75. The molecule has 0 aromatic heterocycles. The molecule has 3 unspecified atom stereocenters. The van der Waals surface area contributed by atoms with Crippen LogP contribution in [0.3, 0.4) is 0 Å².